The summed E-state index contributed by atoms with van der Waals surface area (Å²) in [5.41, 5.74) is 2.88. The Hall–Kier alpha value is -2.80. The van der Waals surface area contributed by atoms with E-state index in [1.807, 2.05) is 24.3 Å². The molecule has 8 heteroatoms. The Morgan fingerprint density at radius 2 is 1.82 bits per heavy atom. The number of rotatable bonds is 5. The Morgan fingerprint density at radius 1 is 1.06 bits per heavy atom. The van der Waals surface area contributed by atoms with E-state index >= 15 is 0 Å². The molecule has 174 valence electrons. The van der Waals surface area contributed by atoms with Crippen molar-refractivity contribution in [2.45, 2.75) is 32.7 Å². The molecule has 0 aliphatic carbocycles. The molecule has 4 rings (SSSR count). The van der Waals surface area contributed by atoms with Gasteiger partial charge in [0, 0.05) is 5.56 Å². The molecule has 1 aliphatic rings. The second-order valence-corrected chi connectivity index (χ2v) is 10.5. The van der Waals surface area contributed by atoms with Crippen molar-refractivity contribution in [2.24, 2.45) is 10.2 Å². The third kappa shape index (κ3) is 5.63. The van der Waals surface area contributed by atoms with E-state index in [0.29, 0.717) is 31.4 Å². The van der Waals surface area contributed by atoms with Crippen molar-refractivity contribution in [3.05, 3.63) is 98.3 Å². The van der Waals surface area contributed by atoms with Crippen LogP contribution in [0.5, 0.6) is 0 Å². The van der Waals surface area contributed by atoms with E-state index in [-0.39, 0.29) is 17.9 Å². The Morgan fingerprint density at radius 3 is 2.50 bits per heavy atom. The molecule has 1 aliphatic heterocycles. The van der Waals surface area contributed by atoms with Crippen LogP contribution in [0.3, 0.4) is 0 Å². The average Bonchev–Trinajstić information content (AvgIpc) is 3.41. The predicted octanol–water partition coefficient (Wildman–Crippen LogP) is 7.39. The van der Waals surface area contributed by atoms with Gasteiger partial charge < -0.3 is 4.42 Å². The molecule has 3 aromatic rings. The summed E-state index contributed by atoms with van der Waals surface area (Å²) in [6.45, 7) is 6.76. The fraction of sp³-hybridized carbons (Fsp3) is 0.192. The summed E-state index contributed by atoms with van der Waals surface area (Å²) in [7, 11) is 0. The maximum Gasteiger partial charge on any atom is 0.267 e. The zero-order valence-corrected chi connectivity index (χ0v) is 21.3. The number of nitrogens with zero attached hydrogens (tertiary/aromatic N) is 3. The molecule has 0 atom stereocenters. The molecule has 0 N–H and O–H groups in total. The van der Waals surface area contributed by atoms with E-state index in [1.165, 1.54) is 23.5 Å². The van der Waals surface area contributed by atoms with Crippen LogP contribution in [-0.2, 0) is 16.8 Å². The van der Waals surface area contributed by atoms with Crippen LogP contribution in [-0.4, -0.2) is 22.2 Å². The summed E-state index contributed by atoms with van der Waals surface area (Å²) in [6.07, 6.45) is 4.96. The second-order valence-electron chi connectivity index (χ2n) is 8.72. The zero-order valence-electron chi connectivity index (χ0n) is 19.0. The summed E-state index contributed by atoms with van der Waals surface area (Å²) < 4.78 is 5.45. The fourth-order valence-corrected chi connectivity index (χ4v) is 4.56. The lowest BCUT2D eigenvalue weighted by molar-refractivity contribution is -0.122. The van der Waals surface area contributed by atoms with Crippen LogP contribution < -0.4 is 0 Å². The van der Waals surface area contributed by atoms with Gasteiger partial charge in [0.2, 0.25) is 0 Å². The number of amidine groups is 1. The molecule has 0 saturated carbocycles. The highest BCUT2D eigenvalue weighted by Gasteiger charge is 2.34. The minimum atomic E-state index is -0.156. The van der Waals surface area contributed by atoms with Crippen LogP contribution in [0.4, 0.5) is 0 Å². The zero-order chi connectivity index (χ0) is 24.3. The predicted molar refractivity (Wildman–Crippen MR) is 141 cm³/mol. The number of halogens is 2. The minimum Gasteiger partial charge on any atom is -0.467 e. The van der Waals surface area contributed by atoms with E-state index in [1.54, 1.807) is 35.4 Å². The van der Waals surface area contributed by atoms with E-state index in [2.05, 4.69) is 43.1 Å². The summed E-state index contributed by atoms with van der Waals surface area (Å²) >= 11 is 13.6. The van der Waals surface area contributed by atoms with Crippen molar-refractivity contribution in [3.63, 3.8) is 0 Å². The maximum atomic E-state index is 13.2. The second kappa shape index (κ2) is 10.2. The topological polar surface area (TPSA) is 58.2 Å². The van der Waals surface area contributed by atoms with Crippen molar-refractivity contribution in [1.82, 2.24) is 4.90 Å². The molecule has 34 heavy (non-hydrogen) atoms. The van der Waals surface area contributed by atoms with Gasteiger partial charge in [0.05, 0.1) is 34.0 Å². The first-order valence-corrected chi connectivity index (χ1v) is 12.2. The highest BCUT2D eigenvalue weighted by molar-refractivity contribution is 8.18. The van der Waals surface area contributed by atoms with Gasteiger partial charge in [0.15, 0.2) is 5.17 Å². The molecule has 0 radical (unpaired) electrons. The van der Waals surface area contributed by atoms with Crippen LogP contribution in [0.15, 0.2) is 80.4 Å². The first kappa shape index (κ1) is 24.3. The number of amides is 1. The van der Waals surface area contributed by atoms with E-state index < -0.39 is 0 Å². The number of hydrogen-bond donors (Lipinski definition) is 0. The standard InChI is InChI=1S/C26H23Cl2N3O2S/c1-26(2,3)19-11-9-17(10-12-19)14-22-24(32)31(16-20-7-5-13-33-20)25(34-22)30-29-15-18-6-4-8-21(27)23(18)28/h4-15H,16H2,1-3H3/b22-14-,29-15-,30-25+. The van der Waals surface area contributed by atoms with Gasteiger partial charge in [-0.3, -0.25) is 9.69 Å². The largest absolute Gasteiger partial charge is 0.467 e. The molecule has 1 fully saturated rings. The molecule has 2 heterocycles. The Kier molecular flexibility index (Phi) is 7.31. The molecule has 0 spiro atoms. The molecule has 1 amide bonds. The first-order valence-electron chi connectivity index (χ1n) is 10.6. The van der Waals surface area contributed by atoms with Crippen LogP contribution in [0.25, 0.3) is 6.08 Å². The third-order valence-electron chi connectivity index (χ3n) is 5.18. The van der Waals surface area contributed by atoms with Crippen molar-refractivity contribution >= 4 is 58.3 Å². The Labute approximate surface area is 213 Å². The van der Waals surface area contributed by atoms with Crippen LogP contribution in [0.2, 0.25) is 10.0 Å². The number of benzene rings is 2. The number of hydrogen-bond acceptors (Lipinski definition) is 5. The summed E-state index contributed by atoms with van der Waals surface area (Å²) in [4.78, 5) is 15.3. The van der Waals surface area contributed by atoms with Crippen molar-refractivity contribution in [2.75, 3.05) is 0 Å². The van der Waals surface area contributed by atoms with Crippen molar-refractivity contribution in [1.29, 1.82) is 0 Å². The van der Waals surface area contributed by atoms with Crippen LogP contribution in [0, 0.1) is 0 Å². The van der Waals surface area contributed by atoms with Crippen molar-refractivity contribution in [3.8, 4) is 0 Å². The highest BCUT2D eigenvalue weighted by atomic mass is 35.5. The Bertz CT molecular complexity index is 1270. The maximum absolute atomic E-state index is 13.2. The number of carbonyl (C=O) groups excluding carboxylic acids is 1. The third-order valence-corrected chi connectivity index (χ3v) is 7.01. The minimum absolute atomic E-state index is 0.0626. The molecule has 2 aromatic carbocycles. The molecular weight excluding hydrogens is 489 g/mol. The van der Waals surface area contributed by atoms with Gasteiger partial charge in [-0.15, -0.1) is 5.10 Å². The fourth-order valence-electron chi connectivity index (χ4n) is 3.27. The average molecular weight is 512 g/mol. The van der Waals surface area contributed by atoms with Gasteiger partial charge in [-0.1, -0.05) is 80.4 Å². The van der Waals surface area contributed by atoms with E-state index in [9.17, 15) is 4.79 Å². The number of carbonyl (C=O) groups is 1. The van der Waals surface area contributed by atoms with E-state index in [0.717, 1.165) is 5.56 Å². The van der Waals surface area contributed by atoms with Crippen LogP contribution >= 0.6 is 35.0 Å². The quantitative estimate of drug-likeness (QED) is 0.203. The van der Waals surface area contributed by atoms with Gasteiger partial charge in [0.25, 0.3) is 5.91 Å². The molecule has 5 nitrogen and oxygen atoms in total. The summed E-state index contributed by atoms with van der Waals surface area (Å²) in [5, 5.41) is 9.76. The lowest BCUT2D eigenvalue weighted by Gasteiger charge is -2.18. The molecule has 1 saturated heterocycles. The van der Waals surface area contributed by atoms with Gasteiger partial charge in [-0.2, -0.15) is 5.10 Å². The van der Waals surface area contributed by atoms with Gasteiger partial charge in [-0.25, -0.2) is 0 Å². The van der Waals surface area contributed by atoms with Gasteiger partial charge >= 0.3 is 0 Å². The lowest BCUT2D eigenvalue weighted by atomic mass is 9.87. The van der Waals surface area contributed by atoms with Gasteiger partial charge in [0.1, 0.15) is 5.76 Å². The smallest absolute Gasteiger partial charge is 0.267 e. The SMILES string of the molecule is CC(C)(C)c1ccc(/C=C2\S/C(=N/N=C\c3cccc(Cl)c3Cl)N(Cc3ccco3)C2=O)cc1. The molecule has 1 aromatic heterocycles. The van der Waals surface area contributed by atoms with E-state index in [4.69, 9.17) is 27.6 Å². The Balaban J connectivity index is 1.62. The summed E-state index contributed by atoms with van der Waals surface area (Å²) in [5.74, 6) is 0.496. The normalized spacial score (nSPS) is 17.0. The van der Waals surface area contributed by atoms with Gasteiger partial charge in [-0.05, 0) is 52.6 Å². The lowest BCUT2D eigenvalue weighted by Crippen LogP contribution is -2.28. The summed E-state index contributed by atoms with van der Waals surface area (Å²) in [6, 6.07) is 17.1. The molecule has 0 bridgehead atoms. The van der Waals surface area contributed by atoms with Crippen molar-refractivity contribution < 1.29 is 9.21 Å². The molecular formula is C26H23Cl2N3O2S. The molecule has 0 unspecified atom stereocenters. The van der Waals surface area contributed by atoms with Crippen LogP contribution in [0.1, 0.15) is 43.2 Å². The first-order chi connectivity index (χ1) is 16.2. The highest BCUT2D eigenvalue weighted by Crippen LogP contribution is 2.34. The number of thioether (sulfide) groups is 1. The number of furan rings is 1. The monoisotopic (exact) mass is 511 g/mol.